The van der Waals surface area contributed by atoms with Gasteiger partial charge in [0.1, 0.15) is 5.75 Å². The number of hydrogen-bond acceptors (Lipinski definition) is 4. The van der Waals surface area contributed by atoms with Gasteiger partial charge < -0.3 is 15.4 Å². The third-order valence-corrected chi connectivity index (χ3v) is 4.78. The number of nitrogens with one attached hydrogen (secondary N) is 3. The molecule has 9 heteroatoms. The summed E-state index contributed by atoms with van der Waals surface area (Å²) in [5.74, 6) is 1.53. The van der Waals surface area contributed by atoms with Crippen molar-refractivity contribution in [2.75, 3.05) is 25.9 Å². The van der Waals surface area contributed by atoms with E-state index >= 15 is 0 Å². The predicted molar refractivity (Wildman–Crippen MR) is 118 cm³/mol. The number of nitrogens with zero attached hydrogens (tertiary/aromatic N) is 1. The van der Waals surface area contributed by atoms with E-state index in [1.54, 1.807) is 14.0 Å². The van der Waals surface area contributed by atoms with Crippen LogP contribution in [0.25, 0.3) is 0 Å². The van der Waals surface area contributed by atoms with Crippen molar-refractivity contribution in [3.63, 3.8) is 0 Å². The lowest BCUT2D eigenvalue weighted by Crippen LogP contribution is -2.41. The van der Waals surface area contributed by atoms with Crippen LogP contribution in [-0.4, -0.2) is 46.4 Å². The minimum absolute atomic E-state index is 0. The molecule has 0 unspecified atom stereocenters. The molecule has 1 aromatic rings. The zero-order valence-corrected chi connectivity index (χ0v) is 19.3. The van der Waals surface area contributed by atoms with Gasteiger partial charge in [0.2, 0.25) is 10.0 Å². The number of halogens is 1. The fourth-order valence-electron chi connectivity index (χ4n) is 2.06. The van der Waals surface area contributed by atoms with Crippen LogP contribution in [0.2, 0.25) is 0 Å². The molecule has 0 radical (unpaired) electrons. The van der Waals surface area contributed by atoms with Crippen LogP contribution in [0.4, 0.5) is 0 Å². The molecule has 150 valence electrons. The zero-order chi connectivity index (χ0) is 18.9. The molecule has 0 spiro atoms. The molecule has 0 amide bonds. The van der Waals surface area contributed by atoms with Crippen molar-refractivity contribution in [3.05, 3.63) is 29.3 Å². The summed E-state index contributed by atoms with van der Waals surface area (Å²) in [5, 5.41) is 6.29. The Balaban J connectivity index is 0.00000625. The molecule has 1 aromatic carbocycles. The van der Waals surface area contributed by atoms with E-state index in [9.17, 15) is 8.42 Å². The van der Waals surface area contributed by atoms with E-state index in [0.717, 1.165) is 16.9 Å². The molecule has 0 bridgehead atoms. The maximum Gasteiger partial charge on any atom is 0.211 e. The van der Waals surface area contributed by atoms with Gasteiger partial charge in [0.15, 0.2) is 5.96 Å². The summed E-state index contributed by atoms with van der Waals surface area (Å²) in [6, 6.07) is 6.09. The van der Waals surface area contributed by atoms with Gasteiger partial charge in [-0.2, -0.15) is 0 Å². The molecule has 1 rings (SSSR count). The van der Waals surface area contributed by atoms with Gasteiger partial charge in [-0.1, -0.05) is 12.1 Å². The van der Waals surface area contributed by atoms with Crippen LogP contribution in [0.1, 0.15) is 31.9 Å². The average Bonchev–Trinajstić information content (AvgIpc) is 2.55. The molecule has 0 saturated heterocycles. The van der Waals surface area contributed by atoms with Crippen molar-refractivity contribution in [1.29, 1.82) is 0 Å². The Hall–Kier alpha value is -1.07. The lowest BCUT2D eigenvalue weighted by atomic mass is 10.1. The van der Waals surface area contributed by atoms with Gasteiger partial charge in [-0.25, -0.2) is 13.1 Å². The molecule has 3 N–H and O–H groups in total. The summed E-state index contributed by atoms with van der Waals surface area (Å²) in [6.07, 6.45) is 0.101. The summed E-state index contributed by atoms with van der Waals surface area (Å²) in [7, 11) is -1.49. The first-order valence-corrected chi connectivity index (χ1v) is 10.1. The first-order chi connectivity index (χ1) is 11.8. The molecular weight excluding hydrogens is 467 g/mol. The van der Waals surface area contributed by atoms with Gasteiger partial charge in [-0.15, -0.1) is 24.0 Å². The molecule has 26 heavy (non-hydrogen) atoms. The number of guanidine groups is 1. The largest absolute Gasteiger partial charge is 0.491 e. The Morgan fingerprint density at radius 1 is 1.23 bits per heavy atom. The van der Waals surface area contributed by atoms with E-state index in [1.165, 1.54) is 0 Å². The summed E-state index contributed by atoms with van der Waals surface area (Å²) in [4.78, 5) is 4.14. The highest BCUT2D eigenvalue weighted by Crippen LogP contribution is 2.21. The molecule has 0 aliphatic rings. The lowest BCUT2D eigenvalue weighted by Gasteiger charge is -2.17. The minimum atomic E-state index is -3.17. The maximum atomic E-state index is 11.4. The molecule has 0 aromatic heterocycles. The Bertz CT molecular complexity index is 679. The number of aryl methyl sites for hydroxylation is 1. The van der Waals surface area contributed by atoms with E-state index in [4.69, 9.17) is 4.74 Å². The summed E-state index contributed by atoms with van der Waals surface area (Å²) in [6.45, 7) is 8.94. The summed E-state index contributed by atoms with van der Waals surface area (Å²) in [5.41, 5.74) is 2.18. The lowest BCUT2D eigenvalue weighted by molar-refractivity contribution is 0.239. The van der Waals surface area contributed by atoms with Crippen LogP contribution in [0, 0.1) is 6.92 Å². The van der Waals surface area contributed by atoms with Crippen LogP contribution in [0.15, 0.2) is 23.2 Å². The molecule has 0 saturated carbocycles. The minimum Gasteiger partial charge on any atom is -0.491 e. The molecular formula is C17H31IN4O3S. The number of hydrogen-bond donors (Lipinski definition) is 3. The van der Waals surface area contributed by atoms with Gasteiger partial charge in [0.05, 0.1) is 11.9 Å². The van der Waals surface area contributed by atoms with Gasteiger partial charge in [-0.05, 0) is 39.3 Å². The monoisotopic (exact) mass is 498 g/mol. The van der Waals surface area contributed by atoms with Gasteiger partial charge >= 0.3 is 0 Å². The highest BCUT2D eigenvalue weighted by Gasteiger charge is 2.08. The van der Waals surface area contributed by atoms with Crippen molar-refractivity contribution in [2.24, 2.45) is 4.99 Å². The molecule has 7 nitrogen and oxygen atoms in total. The topological polar surface area (TPSA) is 91.8 Å². The SMILES string of the molecule is CCS(=O)(=O)NCCNC(=NC)NCc1ccc(C)cc1OC(C)C.I. The quantitative estimate of drug-likeness (QED) is 0.210. The second kappa shape index (κ2) is 12.3. The van der Waals surface area contributed by atoms with Crippen LogP contribution >= 0.6 is 24.0 Å². The second-order valence-corrected chi connectivity index (χ2v) is 8.02. The van der Waals surface area contributed by atoms with E-state index in [0.29, 0.717) is 25.6 Å². The van der Waals surface area contributed by atoms with E-state index in [2.05, 4.69) is 20.3 Å². The van der Waals surface area contributed by atoms with Gasteiger partial charge in [-0.3, -0.25) is 4.99 Å². The van der Waals surface area contributed by atoms with Gasteiger partial charge in [0, 0.05) is 32.2 Å². The highest BCUT2D eigenvalue weighted by atomic mass is 127. The Labute approximate surface area is 174 Å². The van der Waals surface area contributed by atoms with Crippen molar-refractivity contribution in [2.45, 2.75) is 40.3 Å². The van der Waals surface area contributed by atoms with E-state index in [1.807, 2.05) is 39.0 Å². The fraction of sp³-hybridized carbons (Fsp3) is 0.588. The third kappa shape index (κ3) is 9.58. The van der Waals surface area contributed by atoms with Crippen LogP contribution in [0.5, 0.6) is 5.75 Å². The zero-order valence-electron chi connectivity index (χ0n) is 16.1. The maximum absolute atomic E-state index is 11.4. The first kappa shape index (κ1) is 24.9. The fourth-order valence-corrected chi connectivity index (χ4v) is 2.68. The smallest absolute Gasteiger partial charge is 0.211 e. The Kier molecular flexibility index (Phi) is 11.8. The van der Waals surface area contributed by atoms with Crippen molar-refractivity contribution in [3.8, 4) is 5.75 Å². The number of aliphatic imine (C=N–C) groups is 1. The van der Waals surface area contributed by atoms with E-state index < -0.39 is 10.0 Å². The van der Waals surface area contributed by atoms with E-state index in [-0.39, 0.29) is 35.8 Å². The standard InChI is InChI=1S/C17H30N4O3S.HI/c1-6-25(22,23)21-10-9-19-17(18-5)20-12-15-8-7-14(4)11-16(15)24-13(2)3;/h7-8,11,13,21H,6,9-10,12H2,1-5H3,(H2,18,19,20);1H. The number of sulfonamides is 1. The number of rotatable bonds is 9. The average molecular weight is 498 g/mol. The highest BCUT2D eigenvalue weighted by molar-refractivity contribution is 14.0. The Morgan fingerprint density at radius 3 is 2.50 bits per heavy atom. The molecule has 0 aliphatic heterocycles. The first-order valence-electron chi connectivity index (χ1n) is 8.45. The van der Waals surface area contributed by atoms with Crippen molar-refractivity contribution < 1.29 is 13.2 Å². The van der Waals surface area contributed by atoms with Gasteiger partial charge in [0.25, 0.3) is 0 Å². The summed E-state index contributed by atoms with van der Waals surface area (Å²) < 4.78 is 31.1. The van der Waals surface area contributed by atoms with Crippen LogP contribution in [-0.2, 0) is 16.6 Å². The number of benzene rings is 1. The molecule has 0 atom stereocenters. The van der Waals surface area contributed by atoms with Crippen LogP contribution < -0.4 is 20.1 Å². The van der Waals surface area contributed by atoms with Crippen LogP contribution in [0.3, 0.4) is 0 Å². The van der Waals surface area contributed by atoms with Crippen molar-refractivity contribution >= 4 is 40.0 Å². The third-order valence-electron chi connectivity index (χ3n) is 3.37. The second-order valence-electron chi connectivity index (χ2n) is 5.93. The predicted octanol–water partition coefficient (Wildman–Crippen LogP) is 2.00. The number of ether oxygens (including phenoxy) is 1. The molecule has 0 aliphatic carbocycles. The normalized spacial score (nSPS) is 11.8. The molecule has 0 heterocycles. The molecule has 0 fully saturated rings. The van der Waals surface area contributed by atoms with Crippen molar-refractivity contribution in [1.82, 2.24) is 15.4 Å². The Morgan fingerprint density at radius 2 is 1.92 bits per heavy atom. The summed E-state index contributed by atoms with van der Waals surface area (Å²) >= 11 is 0.